The number of alkyl halides is 4. The number of halogens is 4. The molecule has 4 nitrogen and oxygen atoms in total. The zero-order valence-corrected chi connectivity index (χ0v) is 47.3. The lowest BCUT2D eigenvalue weighted by Crippen LogP contribution is -2.30. The first-order chi connectivity index (χ1) is 36.2. The van der Waals surface area contributed by atoms with Crippen LogP contribution in [0.1, 0.15) is 231 Å². The Bertz CT molecular complexity index is 2800. The molecule has 6 aromatic rings. The number of hydrogen-bond donors (Lipinski definition) is 0. The van der Waals surface area contributed by atoms with Crippen molar-refractivity contribution in [2.24, 2.45) is 0 Å². The van der Waals surface area contributed by atoms with E-state index in [1.54, 1.807) is 22.7 Å². The second-order valence-electron chi connectivity index (χ2n) is 21.4. The third-order valence-electron chi connectivity index (χ3n) is 16.0. The van der Waals surface area contributed by atoms with Gasteiger partial charge in [0.15, 0.2) is 0 Å². The van der Waals surface area contributed by atoms with Crippen molar-refractivity contribution in [3.05, 3.63) is 104 Å². The van der Waals surface area contributed by atoms with Crippen molar-refractivity contribution in [3.8, 4) is 51.5 Å². The molecule has 2 aromatic carbocycles. The molecule has 0 aliphatic heterocycles. The van der Waals surface area contributed by atoms with Crippen molar-refractivity contribution < 1.29 is 36.7 Å². The van der Waals surface area contributed by atoms with Gasteiger partial charge in [-0.25, -0.2) is 0 Å². The number of unbranched alkanes of at least 4 members (excludes halogenated alkanes) is 16. The number of ketones is 4. The maximum atomic E-state index is 14.6. The van der Waals surface area contributed by atoms with E-state index in [0.717, 1.165) is 167 Å². The Kier molecular flexibility index (Phi) is 17.5. The van der Waals surface area contributed by atoms with E-state index in [1.165, 1.54) is 85.8 Å². The molecule has 0 radical (unpaired) electrons. The van der Waals surface area contributed by atoms with Gasteiger partial charge in [0.2, 0.25) is 11.6 Å². The molecule has 0 atom stereocenters. The van der Waals surface area contributed by atoms with E-state index in [-0.39, 0.29) is 26.3 Å². The molecule has 75 heavy (non-hydrogen) atoms. The number of thiophene rings is 4. The lowest BCUT2D eigenvalue weighted by atomic mass is 9.70. The van der Waals surface area contributed by atoms with Crippen LogP contribution in [0.15, 0.2) is 60.7 Å². The molecule has 0 amide bonds. The second kappa shape index (κ2) is 23.7. The molecule has 4 aromatic heterocycles. The fourth-order valence-corrected chi connectivity index (χ4v) is 16.7. The zero-order chi connectivity index (χ0) is 53.1. The predicted molar refractivity (Wildman–Crippen MR) is 305 cm³/mol. The normalized spacial score (nSPS) is 15.8. The van der Waals surface area contributed by atoms with Gasteiger partial charge in [-0.2, -0.15) is 17.6 Å². The average molecular weight is 1100 g/mol. The van der Waals surface area contributed by atoms with Crippen LogP contribution >= 0.6 is 45.3 Å². The number of Topliss-reactive ketones (excluding diaryl/α,β-unsaturated/α-hetero) is 4. The SMILES string of the molecule is CCCCCCCCC1(CCCCCCCC)c2cc(-c3cc(CCCCCC)c(-c4cc5c(s4)C(=O)C(F)(F)C5=O)s3)ccc2-c2ccc(-c3cc(CCCCCC)c(-c4cc5c(s4)C(=O)C(F)(F)C5=O)s3)cc21. The van der Waals surface area contributed by atoms with Crippen LogP contribution in [0.3, 0.4) is 0 Å². The van der Waals surface area contributed by atoms with E-state index in [0.29, 0.717) is 9.75 Å². The maximum Gasteiger partial charge on any atom is 0.372 e. The molecular weight excluding hydrogens is 1020 g/mol. The van der Waals surface area contributed by atoms with Gasteiger partial charge in [0.05, 0.1) is 9.75 Å². The molecular formula is C63H70F4O4S4. The van der Waals surface area contributed by atoms with E-state index in [4.69, 9.17) is 0 Å². The van der Waals surface area contributed by atoms with Crippen molar-refractivity contribution in [3.63, 3.8) is 0 Å². The summed E-state index contributed by atoms with van der Waals surface area (Å²) in [5, 5.41) is 0. The van der Waals surface area contributed by atoms with Gasteiger partial charge in [-0.15, -0.1) is 45.3 Å². The minimum absolute atomic E-state index is 0.146. The minimum atomic E-state index is -4.01. The molecule has 0 unspecified atom stereocenters. The van der Waals surface area contributed by atoms with E-state index >= 15 is 0 Å². The molecule has 0 bridgehead atoms. The molecule has 12 heteroatoms. The smallest absolute Gasteiger partial charge is 0.287 e. The highest BCUT2D eigenvalue weighted by molar-refractivity contribution is 7.25. The van der Waals surface area contributed by atoms with Crippen molar-refractivity contribution in [1.82, 2.24) is 0 Å². The van der Waals surface area contributed by atoms with Gasteiger partial charge in [-0.1, -0.05) is 168 Å². The molecule has 0 fully saturated rings. The summed E-state index contributed by atoms with van der Waals surface area (Å²) in [6.07, 6.45) is 26.2. The van der Waals surface area contributed by atoms with E-state index in [9.17, 15) is 36.7 Å². The van der Waals surface area contributed by atoms with E-state index in [1.807, 2.05) is 0 Å². The summed E-state index contributed by atoms with van der Waals surface area (Å²) in [4.78, 5) is 56.2. The van der Waals surface area contributed by atoms with Crippen LogP contribution < -0.4 is 0 Å². The summed E-state index contributed by atoms with van der Waals surface area (Å²) in [7, 11) is 0. The number of hydrogen-bond acceptors (Lipinski definition) is 8. The summed E-state index contributed by atoms with van der Waals surface area (Å²) in [5.41, 5.74) is 8.95. The van der Waals surface area contributed by atoms with Gasteiger partial charge in [0.1, 0.15) is 0 Å². The largest absolute Gasteiger partial charge is 0.372 e. The number of carbonyl (C=O) groups excluding carboxylic acids is 4. The lowest BCUT2D eigenvalue weighted by molar-refractivity contribution is 0.0187. The molecule has 3 aliphatic rings. The summed E-state index contributed by atoms with van der Waals surface area (Å²) in [6, 6.07) is 21.5. The molecule has 9 rings (SSSR count). The standard InChI is InChI=1S/C63H70F4O4S4/c1-5-9-13-17-19-23-31-61(32-24-20-18-14-10-6-2)47-33-39(49-35-41(25-21-15-11-7-3)53(72-49)51-37-45-55(74-51)59(70)62(64,65)57(45)68)27-29-43(47)44-30-28-40(34-48(44)61)50-36-42(26-22-16-12-8-4)54(73-50)52-38-46-56(75-52)60(71)63(66,67)58(46)69/h27-30,33-38H,5-26,31-32H2,1-4H3. The van der Waals surface area contributed by atoms with Gasteiger partial charge in [0.25, 0.3) is 11.6 Å². The van der Waals surface area contributed by atoms with Crippen LogP contribution in [0.25, 0.3) is 51.5 Å². The van der Waals surface area contributed by atoms with Crippen LogP contribution in [-0.4, -0.2) is 35.0 Å². The van der Waals surface area contributed by atoms with Crippen molar-refractivity contribution in [2.45, 2.75) is 199 Å². The van der Waals surface area contributed by atoms with Crippen LogP contribution in [0.2, 0.25) is 0 Å². The third-order valence-corrected chi connectivity index (χ3v) is 21.1. The fraction of sp³-hybridized carbons (Fsp3) is 0.492. The van der Waals surface area contributed by atoms with Gasteiger partial charge >= 0.3 is 11.8 Å². The Hall–Kier alpha value is -4.36. The van der Waals surface area contributed by atoms with Gasteiger partial charge < -0.3 is 0 Å². The molecule has 3 aliphatic carbocycles. The molecule has 0 spiro atoms. The van der Waals surface area contributed by atoms with Crippen LogP contribution in [0.4, 0.5) is 17.6 Å². The number of aryl methyl sites for hydroxylation is 2. The number of benzene rings is 2. The van der Waals surface area contributed by atoms with Crippen molar-refractivity contribution in [1.29, 1.82) is 0 Å². The lowest BCUT2D eigenvalue weighted by Gasteiger charge is -2.33. The molecule has 398 valence electrons. The van der Waals surface area contributed by atoms with Crippen molar-refractivity contribution >= 4 is 68.5 Å². The minimum Gasteiger partial charge on any atom is -0.287 e. The van der Waals surface area contributed by atoms with Crippen molar-refractivity contribution in [2.75, 3.05) is 0 Å². The Morgan fingerprint density at radius 3 is 1.08 bits per heavy atom. The summed E-state index contributed by atoms with van der Waals surface area (Å²) >= 11 is 5.28. The third kappa shape index (κ3) is 10.8. The van der Waals surface area contributed by atoms with E-state index in [2.05, 4.69) is 76.2 Å². The van der Waals surface area contributed by atoms with Crippen LogP contribution in [0.5, 0.6) is 0 Å². The highest BCUT2D eigenvalue weighted by atomic mass is 32.1. The highest BCUT2D eigenvalue weighted by Crippen LogP contribution is 2.57. The van der Waals surface area contributed by atoms with Gasteiger partial charge in [-0.05, 0) is 119 Å². The first-order valence-corrected chi connectivity index (χ1v) is 31.2. The van der Waals surface area contributed by atoms with Crippen LogP contribution in [0, 0.1) is 0 Å². The first kappa shape index (κ1) is 55.4. The first-order valence-electron chi connectivity index (χ1n) is 28.0. The fourth-order valence-electron chi connectivity index (χ4n) is 11.8. The van der Waals surface area contributed by atoms with Crippen LogP contribution in [-0.2, 0) is 18.3 Å². The Morgan fingerprint density at radius 1 is 0.360 bits per heavy atom. The monoisotopic (exact) mass is 1090 g/mol. The number of rotatable bonds is 28. The summed E-state index contributed by atoms with van der Waals surface area (Å²) in [6.45, 7) is 8.87. The zero-order valence-electron chi connectivity index (χ0n) is 44.0. The summed E-state index contributed by atoms with van der Waals surface area (Å²) in [5.74, 6) is -13.6. The quantitative estimate of drug-likeness (QED) is 0.0279. The molecule has 0 saturated heterocycles. The second-order valence-corrected chi connectivity index (χ2v) is 25.6. The van der Waals surface area contributed by atoms with E-state index < -0.39 is 35.0 Å². The number of carbonyl (C=O) groups is 4. The maximum absolute atomic E-state index is 14.6. The topological polar surface area (TPSA) is 68.3 Å². The summed E-state index contributed by atoms with van der Waals surface area (Å²) < 4.78 is 58.4. The number of fused-ring (bicyclic) bond motifs is 5. The molecule has 0 N–H and O–H groups in total. The average Bonchev–Trinajstić information content (AvgIpc) is 4.32. The van der Waals surface area contributed by atoms with Gasteiger partial charge in [-0.3, -0.25) is 19.2 Å². The predicted octanol–water partition coefficient (Wildman–Crippen LogP) is 20.6. The molecule has 0 saturated carbocycles. The Morgan fingerprint density at radius 2 is 0.707 bits per heavy atom. The Balaban J connectivity index is 1.14. The Labute approximate surface area is 456 Å². The van der Waals surface area contributed by atoms with Gasteiger partial charge in [0, 0.05) is 45.8 Å². The molecule has 4 heterocycles. The highest BCUT2D eigenvalue weighted by Gasteiger charge is 2.57.